The van der Waals surface area contributed by atoms with Crippen molar-refractivity contribution in [1.29, 1.82) is 0 Å². The molecule has 1 N–H and O–H groups in total. The van der Waals surface area contributed by atoms with Crippen LogP contribution < -0.4 is 5.32 Å². The molecule has 1 aromatic carbocycles. The molecular formula is C13H21N3O4S. The molecule has 0 spiro atoms. The predicted molar refractivity (Wildman–Crippen MR) is 81.9 cm³/mol. The van der Waals surface area contributed by atoms with Crippen LogP contribution in [0.4, 0.5) is 11.4 Å². The van der Waals surface area contributed by atoms with Gasteiger partial charge in [0, 0.05) is 32.4 Å². The molecule has 0 bridgehead atoms. The van der Waals surface area contributed by atoms with Crippen molar-refractivity contribution < 1.29 is 13.3 Å². The Kier molecular flexibility index (Phi) is 5.68. The molecule has 0 radical (unpaired) electrons. The lowest BCUT2D eigenvalue weighted by Gasteiger charge is -2.20. The highest BCUT2D eigenvalue weighted by Crippen LogP contribution is 2.29. The Bertz CT molecular complexity index is 616. The normalized spacial score (nSPS) is 13.2. The summed E-state index contributed by atoms with van der Waals surface area (Å²) in [5.41, 5.74) is 0.0983. The summed E-state index contributed by atoms with van der Waals surface area (Å²) in [6.07, 6.45) is 0.832. The molecule has 0 amide bonds. The fraction of sp³-hybridized carbons (Fsp3) is 0.538. The van der Waals surface area contributed by atoms with Gasteiger partial charge in [0.15, 0.2) is 4.90 Å². The lowest BCUT2D eigenvalue weighted by molar-refractivity contribution is -0.387. The molecule has 0 saturated heterocycles. The number of nitrogens with one attached hydrogen (secondary N) is 1. The van der Waals surface area contributed by atoms with Crippen LogP contribution in [0.5, 0.6) is 0 Å². The van der Waals surface area contributed by atoms with Crippen LogP contribution in [0.25, 0.3) is 0 Å². The molecule has 0 fully saturated rings. The summed E-state index contributed by atoms with van der Waals surface area (Å²) in [4.78, 5) is 10.1. The van der Waals surface area contributed by atoms with E-state index < -0.39 is 20.6 Å². The molecule has 7 nitrogen and oxygen atoms in total. The summed E-state index contributed by atoms with van der Waals surface area (Å²) >= 11 is 0. The van der Waals surface area contributed by atoms with Gasteiger partial charge in [-0.2, -0.15) is 0 Å². The smallest absolute Gasteiger partial charge is 0.289 e. The van der Waals surface area contributed by atoms with E-state index in [9.17, 15) is 18.5 Å². The number of hydrogen-bond donors (Lipinski definition) is 1. The minimum absolute atomic E-state index is 0.177. The molecular weight excluding hydrogens is 294 g/mol. The van der Waals surface area contributed by atoms with Crippen molar-refractivity contribution in [2.24, 2.45) is 5.92 Å². The van der Waals surface area contributed by atoms with Gasteiger partial charge in [0.2, 0.25) is 10.0 Å². The van der Waals surface area contributed by atoms with Gasteiger partial charge in [-0.3, -0.25) is 10.1 Å². The number of nitro groups is 1. The molecule has 118 valence electrons. The third kappa shape index (κ3) is 3.92. The van der Waals surface area contributed by atoms with Gasteiger partial charge in [0.1, 0.15) is 0 Å². The van der Waals surface area contributed by atoms with Gasteiger partial charge in [0.25, 0.3) is 5.69 Å². The SMILES string of the molecule is CCC(C)CN(C)S(=O)(=O)c1cc(NC)ccc1[N+](=O)[O-]. The number of benzene rings is 1. The van der Waals surface area contributed by atoms with Gasteiger partial charge in [-0.1, -0.05) is 20.3 Å². The second-order valence-electron chi connectivity index (χ2n) is 4.99. The molecule has 0 saturated carbocycles. The predicted octanol–water partition coefficient (Wildman–Crippen LogP) is 2.30. The molecule has 0 aliphatic rings. The third-order valence-corrected chi connectivity index (χ3v) is 5.25. The van der Waals surface area contributed by atoms with Crippen LogP contribution in [0.2, 0.25) is 0 Å². The minimum Gasteiger partial charge on any atom is -0.388 e. The molecule has 1 rings (SSSR count). The average Bonchev–Trinajstić information content (AvgIpc) is 2.45. The first kappa shape index (κ1) is 17.4. The summed E-state index contributed by atoms with van der Waals surface area (Å²) in [5, 5.41) is 13.9. The molecule has 0 aliphatic carbocycles. The maximum Gasteiger partial charge on any atom is 0.289 e. The highest BCUT2D eigenvalue weighted by molar-refractivity contribution is 7.89. The Hall–Kier alpha value is -1.67. The average molecular weight is 315 g/mol. The highest BCUT2D eigenvalue weighted by atomic mass is 32.2. The molecule has 0 aliphatic heterocycles. The first-order valence-corrected chi connectivity index (χ1v) is 8.10. The summed E-state index contributed by atoms with van der Waals surface area (Å²) in [6.45, 7) is 4.22. The van der Waals surface area contributed by atoms with E-state index in [0.29, 0.717) is 12.2 Å². The molecule has 1 unspecified atom stereocenters. The molecule has 21 heavy (non-hydrogen) atoms. The molecule has 0 aromatic heterocycles. The van der Waals surface area contributed by atoms with Crippen LogP contribution in [-0.4, -0.2) is 38.3 Å². The number of sulfonamides is 1. The van der Waals surface area contributed by atoms with Crippen LogP contribution in [0.1, 0.15) is 20.3 Å². The fourth-order valence-electron chi connectivity index (χ4n) is 1.86. The zero-order valence-corrected chi connectivity index (χ0v) is 13.5. The number of rotatable bonds is 7. The van der Waals surface area contributed by atoms with Gasteiger partial charge in [-0.15, -0.1) is 0 Å². The van der Waals surface area contributed by atoms with Crippen LogP contribution in [0.3, 0.4) is 0 Å². The van der Waals surface area contributed by atoms with Gasteiger partial charge in [0.05, 0.1) is 4.92 Å². The number of nitrogens with zero attached hydrogens (tertiary/aromatic N) is 2. The number of anilines is 1. The zero-order valence-electron chi connectivity index (χ0n) is 12.7. The summed E-state index contributed by atoms with van der Waals surface area (Å²) < 4.78 is 26.3. The van der Waals surface area contributed by atoms with E-state index in [1.54, 1.807) is 7.05 Å². The molecule has 1 atom stereocenters. The summed E-state index contributed by atoms with van der Waals surface area (Å²) in [5.74, 6) is 0.177. The van der Waals surface area contributed by atoms with Crippen LogP contribution >= 0.6 is 0 Å². The van der Waals surface area contributed by atoms with E-state index in [1.807, 2.05) is 13.8 Å². The Morgan fingerprint density at radius 2 is 2.05 bits per heavy atom. The molecule has 1 aromatic rings. The molecule has 0 heterocycles. The van der Waals surface area contributed by atoms with E-state index in [-0.39, 0.29) is 10.8 Å². The zero-order chi connectivity index (χ0) is 16.2. The van der Waals surface area contributed by atoms with E-state index >= 15 is 0 Å². The first-order valence-electron chi connectivity index (χ1n) is 6.66. The second kappa shape index (κ2) is 6.86. The number of nitro benzene ring substituents is 1. The molecule has 8 heteroatoms. The maximum atomic E-state index is 12.6. The van der Waals surface area contributed by atoms with Crippen LogP contribution in [0, 0.1) is 16.0 Å². The van der Waals surface area contributed by atoms with E-state index in [2.05, 4.69) is 5.32 Å². The lowest BCUT2D eigenvalue weighted by Crippen LogP contribution is -2.31. The monoisotopic (exact) mass is 315 g/mol. The topological polar surface area (TPSA) is 92.6 Å². The lowest BCUT2D eigenvalue weighted by atomic mass is 10.1. The van der Waals surface area contributed by atoms with Crippen molar-refractivity contribution in [1.82, 2.24) is 4.31 Å². The quantitative estimate of drug-likeness (QED) is 0.615. The van der Waals surface area contributed by atoms with Crippen molar-refractivity contribution in [2.45, 2.75) is 25.2 Å². The standard InChI is InChI=1S/C13H21N3O4S/c1-5-10(2)9-15(4)21(19,20)13-8-11(14-3)6-7-12(13)16(17)18/h6-8,10,14H,5,9H2,1-4H3. The number of hydrogen-bond acceptors (Lipinski definition) is 5. The fourth-order valence-corrected chi connectivity index (χ4v) is 3.33. The van der Waals surface area contributed by atoms with Crippen LogP contribution in [-0.2, 0) is 10.0 Å². The maximum absolute atomic E-state index is 12.6. The van der Waals surface area contributed by atoms with Crippen molar-refractivity contribution in [2.75, 3.05) is 26.0 Å². The third-order valence-electron chi connectivity index (χ3n) is 3.40. The Morgan fingerprint density at radius 1 is 1.43 bits per heavy atom. The minimum atomic E-state index is -3.90. The first-order chi connectivity index (χ1) is 9.73. The van der Waals surface area contributed by atoms with Crippen molar-refractivity contribution in [3.8, 4) is 0 Å². The van der Waals surface area contributed by atoms with Crippen molar-refractivity contribution >= 4 is 21.4 Å². The summed E-state index contributed by atoms with van der Waals surface area (Å²) in [7, 11) is -0.834. The largest absolute Gasteiger partial charge is 0.388 e. The van der Waals surface area contributed by atoms with Gasteiger partial charge in [-0.05, 0) is 18.1 Å². The van der Waals surface area contributed by atoms with E-state index in [0.717, 1.165) is 6.42 Å². The second-order valence-corrected chi connectivity index (χ2v) is 7.00. The van der Waals surface area contributed by atoms with Crippen molar-refractivity contribution in [3.63, 3.8) is 0 Å². The van der Waals surface area contributed by atoms with Crippen molar-refractivity contribution in [3.05, 3.63) is 28.3 Å². The Balaban J connectivity index is 3.31. The van der Waals surface area contributed by atoms with Gasteiger partial charge in [-0.25, -0.2) is 12.7 Å². The van der Waals surface area contributed by atoms with Gasteiger partial charge < -0.3 is 5.32 Å². The Morgan fingerprint density at radius 3 is 2.52 bits per heavy atom. The van der Waals surface area contributed by atoms with Gasteiger partial charge >= 0.3 is 0 Å². The highest BCUT2D eigenvalue weighted by Gasteiger charge is 2.30. The Labute approximate surface area is 125 Å². The van der Waals surface area contributed by atoms with Crippen LogP contribution in [0.15, 0.2) is 23.1 Å². The van der Waals surface area contributed by atoms with E-state index in [1.165, 1.54) is 29.6 Å². The van der Waals surface area contributed by atoms with E-state index in [4.69, 9.17) is 0 Å². The summed E-state index contributed by atoms with van der Waals surface area (Å²) in [6, 6.07) is 3.97.